The lowest BCUT2D eigenvalue weighted by Crippen LogP contribution is -2.59. The van der Waals surface area contributed by atoms with E-state index in [0.717, 1.165) is 38.5 Å². The van der Waals surface area contributed by atoms with Crippen LogP contribution < -0.4 is 0 Å². The fraction of sp³-hybridized carbons (Fsp3) is 0.926. The van der Waals surface area contributed by atoms with E-state index in [4.69, 9.17) is 18.9 Å². The summed E-state index contributed by atoms with van der Waals surface area (Å²) in [6, 6.07) is 0. The quantitative estimate of drug-likeness (QED) is 0.0264. The fourth-order valence-corrected chi connectivity index (χ4v) is 8.60. The second-order valence-electron chi connectivity index (χ2n) is 19.0. The summed E-state index contributed by atoms with van der Waals surface area (Å²) < 4.78 is 22.3. The number of aliphatic hydroxyl groups is 4. The monoisotopic (exact) mass is 911 g/mol. The Morgan fingerprint density at radius 2 is 0.828 bits per heavy atom. The summed E-state index contributed by atoms with van der Waals surface area (Å²) in [6.45, 7) is 3.47. The van der Waals surface area contributed by atoms with E-state index in [1.807, 2.05) is 0 Å². The predicted octanol–water partition coefficient (Wildman–Crippen LogP) is 13.1. The number of rotatable bonds is 47. The Morgan fingerprint density at radius 3 is 1.22 bits per heavy atom. The number of aliphatic hydroxyl groups excluding tert-OH is 4. The lowest BCUT2D eigenvalue weighted by molar-refractivity contribution is -0.305. The summed E-state index contributed by atoms with van der Waals surface area (Å²) in [6.07, 6.45) is 43.6. The second kappa shape index (κ2) is 45.2. The van der Waals surface area contributed by atoms with Crippen LogP contribution in [0.5, 0.6) is 0 Å². The molecule has 1 saturated heterocycles. The molecular weight excluding hydrogens is 809 g/mol. The van der Waals surface area contributed by atoms with Gasteiger partial charge in [0, 0.05) is 12.8 Å². The van der Waals surface area contributed by atoms with Crippen molar-refractivity contribution in [2.24, 2.45) is 0 Å². The summed E-state index contributed by atoms with van der Waals surface area (Å²) in [5.74, 6) is -0.791. The summed E-state index contributed by atoms with van der Waals surface area (Å²) in [7, 11) is 0. The molecule has 0 bridgehead atoms. The molecule has 4 N–H and O–H groups in total. The van der Waals surface area contributed by atoms with Crippen molar-refractivity contribution in [1.29, 1.82) is 0 Å². The zero-order valence-electron chi connectivity index (χ0n) is 41.6. The molecule has 10 nitrogen and oxygen atoms in total. The van der Waals surface area contributed by atoms with Crippen LogP contribution in [-0.4, -0.2) is 89.0 Å². The van der Waals surface area contributed by atoms with Crippen molar-refractivity contribution in [2.75, 3.05) is 19.8 Å². The number of ether oxygens (including phenoxy) is 4. The molecule has 0 aromatic heterocycles. The topological polar surface area (TPSA) is 152 Å². The summed E-state index contributed by atoms with van der Waals surface area (Å²) in [5.41, 5.74) is 0. The van der Waals surface area contributed by atoms with Crippen LogP contribution in [0.1, 0.15) is 264 Å². The van der Waals surface area contributed by atoms with E-state index in [9.17, 15) is 30.0 Å². The molecule has 10 heteroatoms. The van der Waals surface area contributed by atoms with Gasteiger partial charge in [-0.05, 0) is 38.5 Å². The molecule has 0 saturated carbocycles. The first-order valence-electron chi connectivity index (χ1n) is 27.3. The van der Waals surface area contributed by atoms with Crippen molar-refractivity contribution in [2.45, 2.75) is 301 Å². The van der Waals surface area contributed by atoms with E-state index in [2.05, 4.69) is 26.0 Å². The Balaban J connectivity index is 2.22. The highest BCUT2D eigenvalue weighted by Crippen LogP contribution is 2.23. The average molecular weight is 911 g/mol. The lowest BCUT2D eigenvalue weighted by Gasteiger charge is -2.39. The highest BCUT2D eigenvalue weighted by Gasteiger charge is 2.44. The maximum atomic E-state index is 12.8. The van der Waals surface area contributed by atoms with Gasteiger partial charge >= 0.3 is 11.9 Å². The van der Waals surface area contributed by atoms with Crippen LogP contribution >= 0.6 is 0 Å². The van der Waals surface area contributed by atoms with Crippen LogP contribution in [0.3, 0.4) is 0 Å². The molecule has 1 aliphatic heterocycles. The van der Waals surface area contributed by atoms with Crippen LogP contribution in [-0.2, 0) is 28.5 Å². The lowest BCUT2D eigenvalue weighted by atomic mass is 9.99. The molecule has 64 heavy (non-hydrogen) atoms. The fourth-order valence-electron chi connectivity index (χ4n) is 8.60. The van der Waals surface area contributed by atoms with Crippen LogP contribution in [0.4, 0.5) is 0 Å². The Morgan fingerprint density at radius 1 is 0.469 bits per heavy atom. The van der Waals surface area contributed by atoms with E-state index in [1.165, 1.54) is 193 Å². The van der Waals surface area contributed by atoms with Crippen molar-refractivity contribution >= 4 is 11.9 Å². The molecule has 6 atom stereocenters. The SMILES string of the molecule is CCCCCCCC/C=C\CCCCCCCCCCCC(=O)OC(COC(=O)CCCCCCCCCCCCCCCCCCCCCC)COC1OC(CO)C(O)C(O)C1O. The van der Waals surface area contributed by atoms with Crippen LogP contribution in [0.15, 0.2) is 12.2 Å². The molecule has 1 heterocycles. The van der Waals surface area contributed by atoms with Crippen LogP contribution in [0.2, 0.25) is 0 Å². The largest absolute Gasteiger partial charge is 0.462 e. The van der Waals surface area contributed by atoms with Gasteiger partial charge in [0.2, 0.25) is 0 Å². The van der Waals surface area contributed by atoms with Crippen LogP contribution in [0.25, 0.3) is 0 Å². The minimum Gasteiger partial charge on any atom is -0.462 e. The van der Waals surface area contributed by atoms with Gasteiger partial charge in [-0.2, -0.15) is 0 Å². The van der Waals surface area contributed by atoms with Gasteiger partial charge < -0.3 is 39.4 Å². The molecule has 1 fully saturated rings. The molecule has 1 rings (SSSR count). The van der Waals surface area contributed by atoms with Crippen molar-refractivity contribution < 1.29 is 49.0 Å². The molecule has 0 aromatic rings. The van der Waals surface area contributed by atoms with Crippen molar-refractivity contribution in [3.63, 3.8) is 0 Å². The highest BCUT2D eigenvalue weighted by atomic mass is 16.7. The zero-order valence-corrected chi connectivity index (χ0v) is 41.6. The highest BCUT2D eigenvalue weighted by molar-refractivity contribution is 5.70. The number of allylic oxidation sites excluding steroid dienone is 2. The Labute approximate surface area is 392 Å². The molecule has 0 spiro atoms. The van der Waals surface area contributed by atoms with Gasteiger partial charge in [0.1, 0.15) is 31.0 Å². The molecule has 378 valence electrons. The van der Waals surface area contributed by atoms with Gasteiger partial charge in [0.15, 0.2) is 12.4 Å². The van der Waals surface area contributed by atoms with Crippen molar-refractivity contribution in [3.05, 3.63) is 12.2 Å². The molecule has 0 aromatic carbocycles. The first kappa shape index (κ1) is 60.5. The van der Waals surface area contributed by atoms with Gasteiger partial charge in [-0.15, -0.1) is 0 Å². The summed E-state index contributed by atoms with van der Waals surface area (Å²) in [4.78, 5) is 25.5. The number of carbonyl (C=O) groups excluding carboxylic acids is 2. The predicted molar refractivity (Wildman–Crippen MR) is 261 cm³/mol. The second-order valence-corrected chi connectivity index (χ2v) is 19.0. The third-order valence-electron chi connectivity index (χ3n) is 12.9. The third kappa shape index (κ3) is 35.6. The van der Waals surface area contributed by atoms with E-state index >= 15 is 0 Å². The van der Waals surface area contributed by atoms with Crippen LogP contribution in [0, 0.1) is 0 Å². The Bertz CT molecular complexity index is 1050. The number of hydrogen-bond donors (Lipinski definition) is 4. The van der Waals surface area contributed by atoms with Gasteiger partial charge in [0.25, 0.3) is 0 Å². The van der Waals surface area contributed by atoms with Crippen molar-refractivity contribution in [1.82, 2.24) is 0 Å². The maximum Gasteiger partial charge on any atom is 0.306 e. The third-order valence-corrected chi connectivity index (χ3v) is 12.9. The summed E-state index contributed by atoms with van der Waals surface area (Å²) >= 11 is 0. The van der Waals surface area contributed by atoms with Gasteiger partial charge in [-0.1, -0.05) is 225 Å². The smallest absolute Gasteiger partial charge is 0.306 e. The minimum atomic E-state index is -1.59. The first-order chi connectivity index (χ1) is 31.3. The van der Waals surface area contributed by atoms with E-state index in [-0.39, 0.29) is 32.0 Å². The normalized spacial score (nSPS) is 19.4. The number of unbranched alkanes of at least 4 members (excludes halogenated alkanes) is 34. The maximum absolute atomic E-state index is 12.8. The van der Waals surface area contributed by atoms with E-state index in [1.54, 1.807) is 0 Å². The number of hydrogen-bond acceptors (Lipinski definition) is 10. The summed E-state index contributed by atoms with van der Waals surface area (Å²) in [5, 5.41) is 40.2. The van der Waals surface area contributed by atoms with Crippen molar-refractivity contribution in [3.8, 4) is 0 Å². The van der Waals surface area contributed by atoms with Gasteiger partial charge in [0.05, 0.1) is 13.2 Å². The molecule has 1 aliphatic rings. The minimum absolute atomic E-state index is 0.212. The van der Waals surface area contributed by atoms with E-state index < -0.39 is 49.4 Å². The standard InChI is InChI=1S/C54H102O10/c1-3-5-7-9-11-13-15-17-19-21-23-25-26-28-30-32-34-36-38-40-42-49(56)61-45-47(46-62-54-53(60)52(59)51(58)48(44-55)64-54)63-50(57)43-41-39-37-35-33-31-29-27-24-22-20-18-16-14-12-10-8-6-4-2/h18,20,47-48,51-55,58-60H,3-17,19,21-46H2,1-2H3/b20-18-. The zero-order chi connectivity index (χ0) is 46.6. The molecule has 0 amide bonds. The Hall–Kier alpha value is -1.56. The molecule has 0 aliphatic carbocycles. The molecule has 6 unspecified atom stereocenters. The molecular formula is C54H102O10. The molecule has 0 radical (unpaired) electrons. The van der Waals surface area contributed by atoms with E-state index in [0.29, 0.717) is 6.42 Å². The average Bonchev–Trinajstić information content (AvgIpc) is 3.29. The van der Waals surface area contributed by atoms with Gasteiger partial charge in [-0.25, -0.2) is 0 Å². The number of esters is 2. The Kier molecular flexibility index (Phi) is 42.7. The van der Waals surface area contributed by atoms with Gasteiger partial charge in [-0.3, -0.25) is 9.59 Å². The first-order valence-corrected chi connectivity index (χ1v) is 27.3. The number of carbonyl (C=O) groups is 2.